The van der Waals surface area contributed by atoms with Crippen LogP contribution in [0.5, 0.6) is 0 Å². The molecular formula is C22H22F3N5O2. The van der Waals surface area contributed by atoms with Gasteiger partial charge < -0.3 is 9.80 Å². The van der Waals surface area contributed by atoms with E-state index in [1.165, 1.54) is 11.1 Å². The molecule has 0 spiro atoms. The minimum Gasteiger partial charge on any atom is -0.336 e. The fourth-order valence-corrected chi connectivity index (χ4v) is 4.78. The number of carbonyl (C=O) groups is 2. The Hall–Kier alpha value is -3.09. The van der Waals surface area contributed by atoms with Gasteiger partial charge in [0.1, 0.15) is 12.6 Å². The molecule has 32 heavy (non-hydrogen) atoms. The second-order valence-electron chi connectivity index (χ2n) is 9.12. The number of nitriles is 1. The number of nitrogens with zero attached hydrogens (tertiary/aromatic N) is 5. The van der Waals surface area contributed by atoms with Crippen molar-refractivity contribution in [2.24, 2.45) is 5.92 Å². The van der Waals surface area contributed by atoms with Crippen molar-refractivity contribution < 1.29 is 22.8 Å². The molecule has 7 nitrogen and oxygen atoms in total. The molecule has 3 heterocycles. The summed E-state index contributed by atoms with van der Waals surface area (Å²) in [6.45, 7) is 2.59. The lowest BCUT2D eigenvalue weighted by atomic mass is 9.80. The van der Waals surface area contributed by atoms with E-state index in [2.05, 4.69) is 11.9 Å². The molecule has 2 saturated carbocycles. The van der Waals surface area contributed by atoms with Crippen LogP contribution in [0.1, 0.15) is 65.8 Å². The summed E-state index contributed by atoms with van der Waals surface area (Å²) in [5, 5.41) is 9.68. The van der Waals surface area contributed by atoms with Crippen molar-refractivity contribution in [3.63, 3.8) is 0 Å². The molecule has 5 rings (SSSR count). The molecule has 0 unspecified atom stereocenters. The average Bonchev–Trinajstić information content (AvgIpc) is 3.50. The smallest absolute Gasteiger partial charge is 0.336 e. The van der Waals surface area contributed by atoms with Crippen molar-refractivity contribution in [3.8, 4) is 6.07 Å². The Bertz CT molecular complexity index is 1150. The van der Waals surface area contributed by atoms with E-state index in [-0.39, 0.29) is 42.3 Å². The summed E-state index contributed by atoms with van der Waals surface area (Å²) < 4.78 is 42.3. The lowest BCUT2D eigenvalue weighted by molar-refractivity contribution is -0.140. The predicted octanol–water partition coefficient (Wildman–Crippen LogP) is 3.19. The molecule has 1 aliphatic heterocycles. The van der Waals surface area contributed by atoms with Gasteiger partial charge in [-0.25, -0.2) is 4.98 Å². The Kier molecular flexibility index (Phi) is 4.69. The Labute approximate surface area is 182 Å². The number of hydrogen-bond donors (Lipinski definition) is 0. The van der Waals surface area contributed by atoms with Gasteiger partial charge in [-0.2, -0.15) is 18.4 Å². The van der Waals surface area contributed by atoms with Gasteiger partial charge >= 0.3 is 6.18 Å². The van der Waals surface area contributed by atoms with Crippen LogP contribution in [0.15, 0.2) is 12.3 Å². The van der Waals surface area contributed by atoms with Gasteiger partial charge in [-0.05, 0) is 49.1 Å². The number of imidazole rings is 1. The molecule has 2 amide bonds. The number of amides is 2. The molecular weight excluding hydrogens is 423 g/mol. The van der Waals surface area contributed by atoms with Gasteiger partial charge in [0.2, 0.25) is 5.91 Å². The van der Waals surface area contributed by atoms with Crippen molar-refractivity contribution >= 4 is 17.5 Å². The molecule has 0 atom stereocenters. The third-order valence-electron chi connectivity index (χ3n) is 6.74. The minimum atomic E-state index is -4.67. The SMILES string of the molecule is CC1CC(N2CCN(C(=O)c3nc4c(C(F)(F)F)cc(C5CC5)cn4c3C#N)CC2=O)C1. The molecule has 3 fully saturated rings. The highest BCUT2D eigenvalue weighted by molar-refractivity contribution is 5.98. The first kappa shape index (κ1) is 20.8. The highest BCUT2D eigenvalue weighted by Gasteiger charge is 2.40. The zero-order chi connectivity index (χ0) is 22.8. The second-order valence-corrected chi connectivity index (χ2v) is 9.12. The van der Waals surface area contributed by atoms with Gasteiger partial charge in [-0.1, -0.05) is 6.92 Å². The maximum Gasteiger partial charge on any atom is 0.419 e. The van der Waals surface area contributed by atoms with Gasteiger partial charge in [0.25, 0.3) is 5.91 Å². The van der Waals surface area contributed by atoms with Crippen LogP contribution < -0.4 is 0 Å². The first-order chi connectivity index (χ1) is 15.2. The number of pyridine rings is 1. The third kappa shape index (κ3) is 3.40. The Morgan fingerprint density at radius 2 is 1.97 bits per heavy atom. The van der Waals surface area contributed by atoms with Gasteiger partial charge in [-0.3, -0.25) is 14.0 Å². The molecule has 2 aliphatic carbocycles. The lowest BCUT2D eigenvalue weighted by Crippen LogP contribution is -2.58. The first-order valence-corrected chi connectivity index (χ1v) is 10.8. The molecule has 10 heteroatoms. The zero-order valence-corrected chi connectivity index (χ0v) is 17.5. The highest BCUT2D eigenvalue weighted by atomic mass is 19.4. The fourth-order valence-electron chi connectivity index (χ4n) is 4.78. The van der Waals surface area contributed by atoms with Gasteiger partial charge in [-0.15, -0.1) is 0 Å². The monoisotopic (exact) mass is 445 g/mol. The van der Waals surface area contributed by atoms with E-state index in [0.717, 1.165) is 36.2 Å². The van der Waals surface area contributed by atoms with Crippen LogP contribution in [0.4, 0.5) is 13.2 Å². The van der Waals surface area contributed by atoms with Gasteiger partial charge in [0.15, 0.2) is 17.0 Å². The highest BCUT2D eigenvalue weighted by Crippen LogP contribution is 2.43. The van der Waals surface area contributed by atoms with E-state index < -0.39 is 23.3 Å². The Morgan fingerprint density at radius 1 is 1.25 bits per heavy atom. The zero-order valence-electron chi connectivity index (χ0n) is 17.5. The summed E-state index contributed by atoms with van der Waals surface area (Å²) in [6.07, 6.45) is 0.259. The number of piperazine rings is 1. The molecule has 0 radical (unpaired) electrons. The van der Waals surface area contributed by atoms with Crippen LogP contribution in [0.25, 0.3) is 5.65 Å². The van der Waals surface area contributed by atoms with Crippen molar-refractivity contribution in [3.05, 3.63) is 34.8 Å². The minimum absolute atomic E-state index is 0.0218. The number of hydrogen-bond acceptors (Lipinski definition) is 4. The van der Waals surface area contributed by atoms with E-state index in [1.807, 2.05) is 6.07 Å². The van der Waals surface area contributed by atoms with Crippen LogP contribution in [-0.4, -0.2) is 56.7 Å². The van der Waals surface area contributed by atoms with Gasteiger partial charge in [0, 0.05) is 25.3 Å². The maximum absolute atomic E-state index is 13.7. The molecule has 1 saturated heterocycles. The van der Waals surface area contributed by atoms with E-state index in [4.69, 9.17) is 0 Å². The van der Waals surface area contributed by atoms with Crippen molar-refractivity contribution in [2.45, 2.75) is 50.7 Å². The molecule has 0 bridgehead atoms. The van der Waals surface area contributed by atoms with Crippen molar-refractivity contribution in [2.75, 3.05) is 19.6 Å². The summed E-state index contributed by atoms with van der Waals surface area (Å²) >= 11 is 0. The first-order valence-electron chi connectivity index (χ1n) is 10.8. The molecule has 2 aromatic rings. The van der Waals surface area contributed by atoms with E-state index in [9.17, 15) is 28.0 Å². The number of carbonyl (C=O) groups excluding carboxylic acids is 2. The predicted molar refractivity (Wildman–Crippen MR) is 107 cm³/mol. The van der Waals surface area contributed by atoms with Crippen LogP contribution in [0.2, 0.25) is 0 Å². The van der Waals surface area contributed by atoms with Crippen LogP contribution in [0.3, 0.4) is 0 Å². The number of rotatable bonds is 3. The molecule has 0 aromatic carbocycles. The van der Waals surface area contributed by atoms with E-state index in [0.29, 0.717) is 18.0 Å². The van der Waals surface area contributed by atoms with Gasteiger partial charge in [0.05, 0.1) is 5.56 Å². The van der Waals surface area contributed by atoms with Crippen molar-refractivity contribution in [1.29, 1.82) is 5.26 Å². The summed E-state index contributed by atoms with van der Waals surface area (Å²) in [6, 6.07) is 3.11. The second kappa shape index (κ2) is 7.22. The maximum atomic E-state index is 13.7. The standard InChI is InChI=1S/C22H22F3N5O2/c1-12-6-15(7-12)29-5-4-28(11-18(29)31)21(32)19-17(9-26)30-10-14(13-2-3-13)8-16(20(30)27-19)22(23,24)25/h8,10,12-13,15H,2-7,11H2,1H3. The number of fused-ring (bicyclic) bond motifs is 1. The number of halogens is 3. The van der Waals surface area contributed by atoms with Crippen molar-refractivity contribution in [1.82, 2.24) is 19.2 Å². The lowest BCUT2D eigenvalue weighted by Gasteiger charge is -2.45. The summed E-state index contributed by atoms with van der Waals surface area (Å²) in [4.78, 5) is 32.8. The molecule has 2 aromatic heterocycles. The largest absolute Gasteiger partial charge is 0.419 e. The van der Waals surface area contributed by atoms with Crippen LogP contribution >= 0.6 is 0 Å². The Balaban J connectivity index is 1.48. The normalized spacial score (nSPS) is 23.9. The number of alkyl halides is 3. The van der Waals surface area contributed by atoms with E-state index in [1.54, 1.807) is 4.90 Å². The quantitative estimate of drug-likeness (QED) is 0.727. The molecule has 168 valence electrons. The summed E-state index contributed by atoms with van der Waals surface area (Å²) in [5.74, 6) is -0.280. The third-order valence-corrected chi connectivity index (χ3v) is 6.74. The summed E-state index contributed by atoms with van der Waals surface area (Å²) in [5.41, 5.74) is -1.52. The van der Waals surface area contributed by atoms with Crippen LogP contribution in [0, 0.1) is 17.2 Å². The Morgan fingerprint density at radius 3 is 2.53 bits per heavy atom. The molecule has 3 aliphatic rings. The molecule has 0 N–H and O–H groups in total. The topological polar surface area (TPSA) is 81.7 Å². The van der Waals surface area contributed by atoms with E-state index >= 15 is 0 Å². The fraction of sp³-hybridized carbons (Fsp3) is 0.545. The van der Waals surface area contributed by atoms with Crippen LogP contribution in [-0.2, 0) is 11.0 Å². The average molecular weight is 445 g/mol. The number of aromatic nitrogens is 2. The summed E-state index contributed by atoms with van der Waals surface area (Å²) in [7, 11) is 0.